The Hall–Kier alpha value is -3.98. The molecule has 5 rings (SSSR count). The number of anilines is 2. The molecule has 2 aromatic rings. The molecular weight excluding hydrogens is 480 g/mol. The van der Waals surface area contributed by atoms with Crippen LogP contribution in [0.5, 0.6) is 0 Å². The fourth-order valence-electron chi connectivity index (χ4n) is 4.88. The second-order valence-corrected chi connectivity index (χ2v) is 9.52. The van der Waals surface area contributed by atoms with Gasteiger partial charge in [0.15, 0.2) is 0 Å². The second kappa shape index (κ2) is 11.6. The lowest BCUT2D eigenvalue weighted by molar-refractivity contribution is -0.118. The number of nitrogens with zero attached hydrogens (tertiary/aromatic N) is 6. The molecule has 2 amide bonds. The van der Waals surface area contributed by atoms with Crippen LogP contribution in [0.15, 0.2) is 82.3 Å². The van der Waals surface area contributed by atoms with Crippen LogP contribution in [-0.2, 0) is 14.3 Å². The van der Waals surface area contributed by atoms with Crippen LogP contribution in [0.3, 0.4) is 0 Å². The smallest absolute Gasteiger partial charge is 0.274 e. The van der Waals surface area contributed by atoms with E-state index in [1.54, 1.807) is 0 Å². The van der Waals surface area contributed by atoms with E-state index in [9.17, 15) is 9.59 Å². The molecule has 3 aliphatic rings. The molecule has 38 heavy (non-hydrogen) atoms. The van der Waals surface area contributed by atoms with Crippen molar-refractivity contribution in [3.05, 3.63) is 72.1 Å². The summed E-state index contributed by atoms with van der Waals surface area (Å²) >= 11 is 0. The predicted molar refractivity (Wildman–Crippen MR) is 148 cm³/mol. The van der Waals surface area contributed by atoms with Gasteiger partial charge in [0.1, 0.15) is 0 Å². The second-order valence-electron chi connectivity index (χ2n) is 9.52. The van der Waals surface area contributed by atoms with E-state index in [0.29, 0.717) is 37.7 Å². The number of ether oxygens (including phenoxy) is 1. The van der Waals surface area contributed by atoms with Crippen molar-refractivity contribution in [3.63, 3.8) is 0 Å². The van der Waals surface area contributed by atoms with Gasteiger partial charge in [-0.05, 0) is 68.3 Å². The zero-order valence-corrected chi connectivity index (χ0v) is 22.0. The average molecular weight is 515 g/mol. The Bertz CT molecular complexity index is 1250. The first kappa shape index (κ1) is 25.7. The van der Waals surface area contributed by atoms with Crippen molar-refractivity contribution in [3.8, 4) is 0 Å². The Kier molecular flexibility index (Phi) is 7.83. The van der Waals surface area contributed by atoms with Crippen molar-refractivity contribution < 1.29 is 14.3 Å². The molecule has 0 spiro atoms. The molecule has 1 saturated heterocycles. The Morgan fingerprint density at radius 2 is 1.29 bits per heavy atom. The standard InChI is InChI=1S/C29H34N6O3/c1-3-32(2)26-6-4-16-34(28(26)36)24-12-8-22(9-13-24)30-31-23-10-14-25(15-11-23)35-17-5-7-27(29(35)37)33-18-20-38-21-19-33/h6-15H,3-5,16-21H2,1-2H3. The van der Waals surface area contributed by atoms with Crippen LogP contribution in [0.1, 0.15) is 19.8 Å². The van der Waals surface area contributed by atoms with Crippen molar-refractivity contribution in [2.24, 2.45) is 10.2 Å². The van der Waals surface area contributed by atoms with E-state index in [4.69, 9.17) is 4.74 Å². The van der Waals surface area contributed by atoms with Gasteiger partial charge in [-0.2, -0.15) is 10.2 Å². The number of carbonyl (C=O) groups is 2. The van der Waals surface area contributed by atoms with Gasteiger partial charge in [-0.25, -0.2) is 0 Å². The molecule has 0 N–H and O–H groups in total. The summed E-state index contributed by atoms with van der Waals surface area (Å²) < 4.78 is 5.43. The Balaban J connectivity index is 1.21. The van der Waals surface area contributed by atoms with E-state index >= 15 is 0 Å². The molecule has 0 unspecified atom stereocenters. The molecule has 9 nitrogen and oxygen atoms in total. The highest BCUT2D eigenvalue weighted by Gasteiger charge is 2.28. The normalized spacial score (nSPS) is 18.6. The van der Waals surface area contributed by atoms with Crippen LogP contribution in [0.25, 0.3) is 0 Å². The summed E-state index contributed by atoms with van der Waals surface area (Å²) in [7, 11) is 1.94. The number of benzene rings is 2. The maximum Gasteiger partial charge on any atom is 0.274 e. The molecule has 2 aromatic carbocycles. The SMILES string of the molecule is CCN(C)C1=CCCN(c2ccc(N=Nc3ccc(N4CCC=C(N5CCOCC5)C4=O)cc3)cc2)C1=O. The molecule has 0 aromatic heterocycles. The number of rotatable bonds is 7. The minimum Gasteiger partial charge on any atom is -0.378 e. The topological polar surface area (TPSA) is 81.0 Å². The zero-order chi connectivity index (χ0) is 26.5. The molecule has 3 heterocycles. The summed E-state index contributed by atoms with van der Waals surface area (Å²) in [4.78, 5) is 33.8. The third kappa shape index (κ3) is 5.47. The molecule has 3 aliphatic heterocycles. The van der Waals surface area contributed by atoms with Crippen LogP contribution in [0.2, 0.25) is 0 Å². The van der Waals surface area contributed by atoms with E-state index in [2.05, 4.69) is 15.1 Å². The van der Waals surface area contributed by atoms with Gasteiger partial charge >= 0.3 is 0 Å². The van der Waals surface area contributed by atoms with Crippen molar-refractivity contribution in [2.45, 2.75) is 19.8 Å². The van der Waals surface area contributed by atoms with Crippen LogP contribution >= 0.6 is 0 Å². The van der Waals surface area contributed by atoms with Gasteiger partial charge in [0.05, 0.1) is 36.0 Å². The maximum absolute atomic E-state index is 13.2. The van der Waals surface area contributed by atoms with Crippen LogP contribution in [0, 0.1) is 0 Å². The lowest BCUT2D eigenvalue weighted by Gasteiger charge is -2.35. The Morgan fingerprint density at radius 3 is 1.84 bits per heavy atom. The fraction of sp³-hybridized carbons (Fsp3) is 0.379. The number of carbonyl (C=O) groups excluding carboxylic acids is 2. The third-order valence-corrected chi connectivity index (χ3v) is 7.15. The highest BCUT2D eigenvalue weighted by atomic mass is 16.5. The largest absolute Gasteiger partial charge is 0.378 e. The van der Waals surface area contributed by atoms with Gasteiger partial charge in [-0.15, -0.1) is 0 Å². The van der Waals surface area contributed by atoms with Crippen molar-refractivity contribution in [1.29, 1.82) is 0 Å². The first-order chi connectivity index (χ1) is 18.5. The Labute approximate surface area is 223 Å². The molecule has 0 aliphatic carbocycles. The van der Waals surface area contributed by atoms with E-state index < -0.39 is 0 Å². The first-order valence-corrected chi connectivity index (χ1v) is 13.2. The number of hydrogen-bond donors (Lipinski definition) is 0. The molecule has 198 valence electrons. The van der Waals surface area contributed by atoms with Gasteiger partial charge in [-0.3, -0.25) is 9.59 Å². The molecule has 0 bridgehead atoms. The van der Waals surface area contributed by atoms with E-state index in [1.165, 1.54) is 0 Å². The predicted octanol–water partition coefficient (Wildman–Crippen LogP) is 4.63. The number of hydrogen-bond acceptors (Lipinski definition) is 7. The molecule has 0 atom stereocenters. The minimum absolute atomic E-state index is 0.0230. The summed E-state index contributed by atoms with van der Waals surface area (Å²) in [5, 5.41) is 8.73. The molecule has 9 heteroatoms. The van der Waals surface area contributed by atoms with Crippen LogP contribution in [-0.4, -0.2) is 74.6 Å². The average Bonchev–Trinajstić information content (AvgIpc) is 2.97. The summed E-state index contributed by atoms with van der Waals surface area (Å²) in [6.45, 7) is 6.93. The lowest BCUT2D eigenvalue weighted by atomic mass is 10.1. The maximum atomic E-state index is 13.2. The minimum atomic E-state index is 0.0230. The number of likely N-dealkylation sites (N-methyl/N-ethyl adjacent to an activating group) is 1. The molecule has 1 fully saturated rings. The zero-order valence-electron chi connectivity index (χ0n) is 22.0. The quantitative estimate of drug-likeness (QED) is 0.504. The van der Waals surface area contributed by atoms with E-state index in [1.807, 2.05) is 89.4 Å². The van der Waals surface area contributed by atoms with Gasteiger partial charge < -0.3 is 24.3 Å². The summed E-state index contributed by atoms with van der Waals surface area (Å²) in [5.41, 5.74) is 4.62. The lowest BCUT2D eigenvalue weighted by Crippen LogP contribution is -2.45. The highest BCUT2D eigenvalue weighted by Crippen LogP contribution is 2.28. The Morgan fingerprint density at radius 1 is 0.763 bits per heavy atom. The number of morpholine rings is 1. The van der Waals surface area contributed by atoms with Crippen molar-refractivity contribution >= 4 is 34.6 Å². The molecule has 0 saturated carbocycles. The third-order valence-electron chi connectivity index (χ3n) is 7.15. The molecular formula is C29H34N6O3. The summed E-state index contributed by atoms with van der Waals surface area (Å²) in [6, 6.07) is 15.1. The monoisotopic (exact) mass is 514 g/mol. The van der Waals surface area contributed by atoms with Gasteiger partial charge in [-0.1, -0.05) is 12.2 Å². The van der Waals surface area contributed by atoms with Gasteiger partial charge in [0.25, 0.3) is 11.8 Å². The summed E-state index contributed by atoms with van der Waals surface area (Å²) in [5.74, 6) is 0.0542. The van der Waals surface area contributed by atoms with E-state index in [0.717, 1.165) is 55.2 Å². The van der Waals surface area contributed by atoms with Gasteiger partial charge in [0.2, 0.25) is 0 Å². The number of azo groups is 1. The first-order valence-electron chi connectivity index (χ1n) is 13.2. The number of amides is 2. The highest BCUT2D eigenvalue weighted by molar-refractivity contribution is 6.06. The van der Waals surface area contributed by atoms with E-state index in [-0.39, 0.29) is 11.8 Å². The van der Waals surface area contributed by atoms with Crippen LogP contribution < -0.4 is 9.80 Å². The summed E-state index contributed by atoms with van der Waals surface area (Å²) in [6.07, 6.45) is 5.71. The van der Waals surface area contributed by atoms with Crippen molar-refractivity contribution in [1.82, 2.24) is 9.80 Å². The molecule has 0 radical (unpaired) electrons. The fourth-order valence-corrected chi connectivity index (χ4v) is 4.88. The van der Waals surface area contributed by atoms with Crippen LogP contribution in [0.4, 0.5) is 22.7 Å². The van der Waals surface area contributed by atoms with Crippen molar-refractivity contribution in [2.75, 3.05) is 62.8 Å². The van der Waals surface area contributed by atoms with Gasteiger partial charge in [0, 0.05) is 51.1 Å².